The Kier molecular flexibility index (Phi) is 6.02. The Morgan fingerprint density at radius 1 is 1.20 bits per heavy atom. The van der Waals surface area contributed by atoms with E-state index in [0.717, 1.165) is 19.0 Å². The van der Waals surface area contributed by atoms with Crippen LogP contribution in [-0.2, 0) is 0 Å². The van der Waals surface area contributed by atoms with Crippen LogP contribution < -0.4 is 5.32 Å². The molecule has 1 heterocycles. The van der Waals surface area contributed by atoms with Crippen molar-refractivity contribution in [1.29, 1.82) is 0 Å². The van der Waals surface area contributed by atoms with Gasteiger partial charge in [-0.1, -0.05) is 30.3 Å². The number of hydrogen-bond acceptors (Lipinski definition) is 3. The Bertz CT molecular complexity index is 369. The van der Waals surface area contributed by atoms with Crippen molar-refractivity contribution in [3.63, 3.8) is 0 Å². The van der Waals surface area contributed by atoms with Gasteiger partial charge in [0, 0.05) is 12.6 Å². The number of likely N-dealkylation sites (N-methyl/N-ethyl adjacent to an activating group) is 1. The first-order valence-electron chi connectivity index (χ1n) is 7.77. The molecule has 3 heteroatoms. The Morgan fingerprint density at radius 2 is 1.85 bits per heavy atom. The molecule has 1 saturated heterocycles. The van der Waals surface area contributed by atoms with Gasteiger partial charge in [0.05, 0.1) is 0 Å². The van der Waals surface area contributed by atoms with Crippen molar-refractivity contribution in [2.45, 2.75) is 18.9 Å². The molecule has 3 nitrogen and oxygen atoms in total. The number of rotatable bonds is 6. The molecule has 112 valence electrons. The second-order valence-corrected chi connectivity index (χ2v) is 6.29. The molecule has 0 bridgehead atoms. The van der Waals surface area contributed by atoms with E-state index in [0.29, 0.717) is 6.04 Å². The number of likely N-dealkylation sites (tertiary alicyclic amines) is 1. The van der Waals surface area contributed by atoms with Crippen molar-refractivity contribution in [3.05, 3.63) is 35.9 Å². The van der Waals surface area contributed by atoms with Crippen LogP contribution in [-0.4, -0.2) is 57.1 Å². The Balaban J connectivity index is 1.78. The zero-order valence-corrected chi connectivity index (χ0v) is 13.2. The Hall–Kier alpha value is -0.900. The average molecular weight is 275 g/mol. The molecule has 1 aliphatic heterocycles. The lowest BCUT2D eigenvalue weighted by molar-refractivity contribution is 0.210. The van der Waals surface area contributed by atoms with Crippen molar-refractivity contribution in [2.75, 3.05) is 47.3 Å². The molecule has 1 N–H and O–H groups in total. The van der Waals surface area contributed by atoms with E-state index in [-0.39, 0.29) is 0 Å². The van der Waals surface area contributed by atoms with Crippen LogP contribution in [0.2, 0.25) is 0 Å². The van der Waals surface area contributed by atoms with E-state index >= 15 is 0 Å². The number of piperidine rings is 1. The zero-order valence-electron chi connectivity index (χ0n) is 13.2. The number of benzene rings is 1. The van der Waals surface area contributed by atoms with Crippen LogP contribution in [0.1, 0.15) is 24.4 Å². The van der Waals surface area contributed by atoms with E-state index in [4.69, 9.17) is 0 Å². The normalized spacial score (nSPS) is 19.4. The van der Waals surface area contributed by atoms with Gasteiger partial charge in [0.1, 0.15) is 0 Å². The highest BCUT2D eigenvalue weighted by atomic mass is 15.1. The molecule has 0 aromatic heterocycles. The van der Waals surface area contributed by atoms with Crippen LogP contribution in [0.3, 0.4) is 0 Å². The van der Waals surface area contributed by atoms with E-state index in [1.165, 1.54) is 31.5 Å². The van der Waals surface area contributed by atoms with E-state index in [1.807, 2.05) is 0 Å². The second-order valence-electron chi connectivity index (χ2n) is 6.29. The van der Waals surface area contributed by atoms with Gasteiger partial charge in [0.25, 0.3) is 0 Å². The highest BCUT2D eigenvalue weighted by Crippen LogP contribution is 2.18. The number of hydrogen-bond donors (Lipinski definition) is 1. The van der Waals surface area contributed by atoms with Gasteiger partial charge in [-0.05, 0) is 65.1 Å². The minimum atomic E-state index is 0.461. The molecule has 1 unspecified atom stereocenters. The van der Waals surface area contributed by atoms with Crippen molar-refractivity contribution >= 4 is 0 Å². The van der Waals surface area contributed by atoms with Gasteiger partial charge in [-0.15, -0.1) is 0 Å². The van der Waals surface area contributed by atoms with E-state index in [2.05, 4.69) is 66.6 Å². The quantitative estimate of drug-likeness (QED) is 0.859. The minimum Gasteiger partial charge on any atom is -0.315 e. The maximum Gasteiger partial charge on any atom is 0.0466 e. The van der Waals surface area contributed by atoms with Crippen LogP contribution in [0.25, 0.3) is 0 Å². The Morgan fingerprint density at radius 3 is 2.45 bits per heavy atom. The van der Waals surface area contributed by atoms with E-state index in [1.54, 1.807) is 0 Å². The molecule has 0 saturated carbocycles. The smallest absolute Gasteiger partial charge is 0.0466 e. The van der Waals surface area contributed by atoms with Gasteiger partial charge in [-0.3, -0.25) is 0 Å². The first kappa shape index (κ1) is 15.5. The number of nitrogens with one attached hydrogen (secondary N) is 1. The van der Waals surface area contributed by atoms with Gasteiger partial charge in [0.2, 0.25) is 0 Å². The second kappa shape index (κ2) is 7.77. The van der Waals surface area contributed by atoms with Gasteiger partial charge in [-0.25, -0.2) is 0 Å². The Labute approximate surface area is 124 Å². The molecule has 1 aromatic rings. The van der Waals surface area contributed by atoms with Crippen molar-refractivity contribution in [2.24, 2.45) is 5.92 Å². The summed E-state index contributed by atoms with van der Waals surface area (Å²) in [7, 11) is 6.55. The predicted octanol–water partition coefficient (Wildman–Crippen LogP) is 2.22. The molecule has 0 aliphatic carbocycles. The van der Waals surface area contributed by atoms with E-state index < -0.39 is 0 Å². The number of nitrogens with zero attached hydrogens (tertiary/aromatic N) is 2. The van der Waals surface area contributed by atoms with Gasteiger partial charge < -0.3 is 15.1 Å². The molecule has 1 fully saturated rings. The third-order valence-electron chi connectivity index (χ3n) is 4.42. The summed E-state index contributed by atoms with van der Waals surface area (Å²) in [6.07, 6.45) is 2.67. The maximum absolute atomic E-state index is 3.69. The lowest BCUT2D eigenvalue weighted by atomic mass is 9.97. The van der Waals surface area contributed by atoms with Crippen LogP contribution in [0.15, 0.2) is 30.3 Å². The fourth-order valence-corrected chi connectivity index (χ4v) is 2.96. The van der Waals surface area contributed by atoms with Crippen molar-refractivity contribution in [1.82, 2.24) is 15.1 Å². The lowest BCUT2D eigenvalue weighted by Crippen LogP contribution is -2.37. The summed E-state index contributed by atoms with van der Waals surface area (Å²) >= 11 is 0. The summed E-state index contributed by atoms with van der Waals surface area (Å²) in [5.41, 5.74) is 1.40. The van der Waals surface area contributed by atoms with Crippen LogP contribution in [0.5, 0.6) is 0 Å². The SMILES string of the molecule is CN1CCC(CNCC(c2ccccc2)N(C)C)CC1. The van der Waals surface area contributed by atoms with Crippen LogP contribution in [0.4, 0.5) is 0 Å². The largest absolute Gasteiger partial charge is 0.315 e. The minimum absolute atomic E-state index is 0.461. The molecular formula is C17H29N3. The topological polar surface area (TPSA) is 18.5 Å². The monoisotopic (exact) mass is 275 g/mol. The molecule has 0 radical (unpaired) electrons. The molecule has 1 atom stereocenters. The molecule has 20 heavy (non-hydrogen) atoms. The summed E-state index contributed by atoms with van der Waals surface area (Å²) in [6.45, 7) is 4.69. The van der Waals surface area contributed by atoms with E-state index in [9.17, 15) is 0 Å². The van der Waals surface area contributed by atoms with Gasteiger partial charge in [0.15, 0.2) is 0 Å². The predicted molar refractivity (Wildman–Crippen MR) is 86.0 cm³/mol. The van der Waals surface area contributed by atoms with Crippen LogP contribution >= 0.6 is 0 Å². The molecular weight excluding hydrogens is 246 g/mol. The summed E-state index contributed by atoms with van der Waals surface area (Å²) in [5, 5.41) is 3.69. The van der Waals surface area contributed by atoms with Crippen molar-refractivity contribution < 1.29 is 0 Å². The highest BCUT2D eigenvalue weighted by Gasteiger charge is 2.18. The lowest BCUT2D eigenvalue weighted by Gasteiger charge is -2.30. The summed E-state index contributed by atoms with van der Waals surface area (Å²) < 4.78 is 0. The van der Waals surface area contributed by atoms with Crippen molar-refractivity contribution in [3.8, 4) is 0 Å². The highest BCUT2D eigenvalue weighted by molar-refractivity contribution is 5.19. The van der Waals surface area contributed by atoms with Gasteiger partial charge in [-0.2, -0.15) is 0 Å². The van der Waals surface area contributed by atoms with Crippen LogP contribution in [0, 0.1) is 5.92 Å². The first-order chi connectivity index (χ1) is 9.66. The summed E-state index contributed by atoms with van der Waals surface area (Å²) in [5.74, 6) is 0.852. The van der Waals surface area contributed by atoms with Gasteiger partial charge >= 0.3 is 0 Å². The molecule has 2 rings (SSSR count). The first-order valence-corrected chi connectivity index (χ1v) is 7.77. The summed E-state index contributed by atoms with van der Waals surface area (Å²) in [4.78, 5) is 4.74. The summed E-state index contributed by atoms with van der Waals surface area (Å²) in [6, 6.07) is 11.2. The maximum atomic E-state index is 3.69. The molecule has 1 aliphatic rings. The molecule has 1 aromatic carbocycles. The third kappa shape index (κ3) is 4.58. The average Bonchev–Trinajstić information content (AvgIpc) is 2.46. The molecule has 0 spiro atoms. The fourth-order valence-electron chi connectivity index (χ4n) is 2.96. The third-order valence-corrected chi connectivity index (χ3v) is 4.42. The zero-order chi connectivity index (χ0) is 14.4. The fraction of sp³-hybridized carbons (Fsp3) is 0.647. The molecule has 0 amide bonds. The standard InChI is InChI=1S/C17H29N3/c1-19(2)17(16-7-5-4-6-8-16)14-18-13-15-9-11-20(3)12-10-15/h4-8,15,17-18H,9-14H2,1-3H3.